The number of benzene rings is 3. The van der Waals surface area contributed by atoms with Crippen LogP contribution in [0.4, 0.5) is 11.4 Å². The number of hydrogen-bond acceptors (Lipinski definition) is 4. The summed E-state index contributed by atoms with van der Waals surface area (Å²) in [5.74, 6) is -0.0667. The molecule has 0 saturated carbocycles. The summed E-state index contributed by atoms with van der Waals surface area (Å²) in [6.45, 7) is 2.03. The fraction of sp³-hybridized carbons (Fsp3) is 0.0400. The van der Waals surface area contributed by atoms with Crippen LogP contribution in [0.25, 0.3) is 17.0 Å². The van der Waals surface area contributed by atoms with E-state index in [0.717, 1.165) is 16.6 Å². The Morgan fingerprint density at radius 3 is 2.41 bits per heavy atom. The molecule has 0 spiro atoms. The number of ketones is 1. The number of anilines is 2. The molecule has 142 valence electrons. The van der Waals surface area contributed by atoms with E-state index in [9.17, 15) is 9.59 Å². The topological polar surface area (TPSA) is 59.3 Å². The molecule has 4 aromatic rings. The molecule has 0 saturated heterocycles. The predicted octanol–water partition coefficient (Wildman–Crippen LogP) is 5.74. The van der Waals surface area contributed by atoms with E-state index in [4.69, 9.17) is 4.42 Å². The standard InChI is InChI=1S/C25H19NO3/c1-17-6-8-18(9-7-17)10-15-23(27)19-11-13-20(14-12-19)26-22-16-25(28)29-24-5-3-2-4-21(22)24/h2-16,26H,1H3/b15-10+. The molecule has 1 heterocycles. The lowest BCUT2D eigenvalue weighted by molar-refractivity contribution is 0.104. The van der Waals surface area contributed by atoms with Crippen molar-refractivity contribution in [2.24, 2.45) is 0 Å². The first-order valence-corrected chi connectivity index (χ1v) is 9.27. The summed E-state index contributed by atoms with van der Waals surface area (Å²) in [6.07, 6.45) is 3.38. The average Bonchev–Trinajstić information content (AvgIpc) is 2.73. The van der Waals surface area contributed by atoms with Crippen molar-refractivity contribution in [3.63, 3.8) is 0 Å². The highest BCUT2D eigenvalue weighted by atomic mass is 16.4. The number of rotatable bonds is 5. The molecular formula is C25H19NO3. The Hall–Kier alpha value is -3.92. The van der Waals surface area contributed by atoms with Crippen LogP contribution in [0, 0.1) is 6.92 Å². The number of para-hydroxylation sites is 1. The molecule has 0 atom stereocenters. The van der Waals surface area contributed by atoms with E-state index < -0.39 is 5.63 Å². The minimum absolute atomic E-state index is 0.0667. The molecule has 0 radical (unpaired) electrons. The van der Waals surface area contributed by atoms with Gasteiger partial charge in [-0.1, -0.05) is 48.0 Å². The maximum Gasteiger partial charge on any atom is 0.338 e. The second kappa shape index (κ2) is 7.98. The zero-order valence-corrected chi connectivity index (χ0v) is 15.9. The van der Waals surface area contributed by atoms with Gasteiger partial charge in [-0.2, -0.15) is 0 Å². The van der Waals surface area contributed by atoms with Crippen LogP contribution in [-0.4, -0.2) is 5.78 Å². The van der Waals surface area contributed by atoms with Crippen molar-refractivity contribution in [3.05, 3.63) is 112 Å². The van der Waals surface area contributed by atoms with Gasteiger partial charge < -0.3 is 9.73 Å². The van der Waals surface area contributed by atoms with Gasteiger partial charge in [0, 0.05) is 22.7 Å². The van der Waals surface area contributed by atoms with Crippen LogP contribution in [0.15, 0.2) is 94.2 Å². The molecule has 3 aromatic carbocycles. The monoisotopic (exact) mass is 381 g/mol. The van der Waals surface area contributed by atoms with Crippen LogP contribution in [0.2, 0.25) is 0 Å². The summed E-state index contributed by atoms with van der Waals surface area (Å²) < 4.78 is 5.21. The van der Waals surface area contributed by atoms with E-state index in [1.54, 1.807) is 24.3 Å². The fourth-order valence-electron chi connectivity index (χ4n) is 3.03. The van der Waals surface area contributed by atoms with E-state index in [-0.39, 0.29) is 5.78 Å². The number of nitrogens with one attached hydrogen (secondary N) is 1. The van der Waals surface area contributed by atoms with Crippen molar-refractivity contribution in [1.82, 2.24) is 0 Å². The van der Waals surface area contributed by atoms with Gasteiger partial charge in [-0.15, -0.1) is 0 Å². The molecule has 0 bridgehead atoms. The van der Waals surface area contributed by atoms with Crippen LogP contribution in [0.3, 0.4) is 0 Å². The Labute approximate surface area is 168 Å². The highest BCUT2D eigenvalue weighted by Gasteiger charge is 2.06. The third-order valence-electron chi connectivity index (χ3n) is 4.60. The van der Waals surface area contributed by atoms with Crippen LogP contribution >= 0.6 is 0 Å². The van der Waals surface area contributed by atoms with Gasteiger partial charge in [0.25, 0.3) is 0 Å². The van der Waals surface area contributed by atoms with Gasteiger partial charge in [0.05, 0.1) is 5.69 Å². The molecule has 4 nitrogen and oxygen atoms in total. The van der Waals surface area contributed by atoms with Crippen molar-refractivity contribution < 1.29 is 9.21 Å². The fourth-order valence-corrected chi connectivity index (χ4v) is 3.03. The minimum Gasteiger partial charge on any atom is -0.423 e. The number of allylic oxidation sites excluding steroid dienone is 1. The maximum absolute atomic E-state index is 12.4. The van der Waals surface area contributed by atoms with Crippen LogP contribution in [0.5, 0.6) is 0 Å². The summed E-state index contributed by atoms with van der Waals surface area (Å²) in [7, 11) is 0. The summed E-state index contributed by atoms with van der Waals surface area (Å²) in [4.78, 5) is 24.2. The molecule has 1 N–H and O–H groups in total. The van der Waals surface area contributed by atoms with Crippen LogP contribution in [0.1, 0.15) is 21.5 Å². The minimum atomic E-state index is -0.417. The highest BCUT2D eigenvalue weighted by molar-refractivity contribution is 6.07. The molecular weight excluding hydrogens is 362 g/mol. The normalized spacial score (nSPS) is 11.1. The van der Waals surface area contributed by atoms with E-state index in [2.05, 4.69) is 5.32 Å². The number of aryl methyl sites for hydroxylation is 1. The molecule has 4 rings (SSSR count). The maximum atomic E-state index is 12.4. The lowest BCUT2D eigenvalue weighted by atomic mass is 10.1. The van der Waals surface area contributed by atoms with Crippen molar-refractivity contribution in [1.29, 1.82) is 0 Å². The largest absolute Gasteiger partial charge is 0.423 e. The van der Waals surface area contributed by atoms with Gasteiger partial charge in [-0.05, 0) is 55.0 Å². The van der Waals surface area contributed by atoms with Crippen molar-refractivity contribution >= 4 is 34.2 Å². The highest BCUT2D eigenvalue weighted by Crippen LogP contribution is 2.25. The zero-order valence-electron chi connectivity index (χ0n) is 15.9. The van der Waals surface area contributed by atoms with Crippen LogP contribution < -0.4 is 10.9 Å². The smallest absolute Gasteiger partial charge is 0.338 e. The molecule has 0 fully saturated rings. The van der Waals surface area contributed by atoms with Gasteiger partial charge in [0.15, 0.2) is 5.78 Å². The average molecular weight is 381 g/mol. The molecule has 0 unspecified atom stereocenters. The number of carbonyl (C=O) groups excluding carboxylic acids is 1. The van der Waals surface area contributed by atoms with Gasteiger partial charge in [0.1, 0.15) is 5.58 Å². The second-order valence-corrected chi connectivity index (χ2v) is 6.79. The van der Waals surface area contributed by atoms with Gasteiger partial charge in [0.2, 0.25) is 0 Å². The Morgan fingerprint density at radius 2 is 1.66 bits per heavy atom. The summed E-state index contributed by atoms with van der Waals surface area (Å²) in [6, 6.07) is 23.9. The molecule has 4 heteroatoms. The molecule has 29 heavy (non-hydrogen) atoms. The first-order chi connectivity index (χ1) is 14.1. The summed E-state index contributed by atoms with van der Waals surface area (Å²) in [5.41, 5.74) is 4.30. The molecule has 0 aliphatic carbocycles. The summed E-state index contributed by atoms with van der Waals surface area (Å²) >= 11 is 0. The van der Waals surface area contributed by atoms with E-state index in [1.165, 1.54) is 11.6 Å². The summed E-state index contributed by atoms with van der Waals surface area (Å²) in [5, 5.41) is 4.04. The number of carbonyl (C=O) groups is 1. The van der Waals surface area contributed by atoms with Gasteiger partial charge >= 0.3 is 5.63 Å². The Morgan fingerprint density at radius 1 is 0.931 bits per heavy atom. The van der Waals surface area contributed by atoms with Crippen molar-refractivity contribution in [2.75, 3.05) is 5.32 Å². The lowest BCUT2D eigenvalue weighted by Gasteiger charge is -2.09. The molecule has 0 aliphatic heterocycles. The third-order valence-corrected chi connectivity index (χ3v) is 4.60. The van der Waals surface area contributed by atoms with Crippen LogP contribution in [-0.2, 0) is 0 Å². The molecule has 1 aromatic heterocycles. The van der Waals surface area contributed by atoms with E-state index in [1.807, 2.05) is 67.6 Å². The lowest BCUT2D eigenvalue weighted by Crippen LogP contribution is -2.01. The van der Waals surface area contributed by atoms with Gasteiger partial charge in [-0.25, -0.2) is 4.79 Å². The first-order valence-electron chi connectivity index (χ1n) is 9.27. The van der Waals surface area contributed by atoms with Crippen molar-refractivity contribution in [2.45, 2.75) is 6.92 Å². The second-order valence-electron chi connectivity index (χ2n) is 6.79. The first kappa shape index (κ1) is 18.4. The Balaban J connectivity index is 1.52. The van der Waals surface area contributed by atoms with E-state index in [0.29, 0.717) is 16.8 Å². The Bertz CT molecular complexity index is 1250. The number of hydrogen-bond donors (Lipinski definition) is 1. The number of fused-ring (bicyclic) bond motifs is 1. The zero-order chi connectivity index (χ0) is 20.2. The van der Waals surface area contributed by atoms with Gasteiger partial charge in [-0.3, -0.25) is 4.79 Å². The third kappa shape index (κ3) is 4.33. The predicted molar refractivity (Wildman–Crippen MR) is 117 cm³/mol. The molecule has 0 amide bonds. The van der Waals surface area contributed by atoms with E-state index >= 15 is 0 Å². The van der Waals surface area contributed by atoms with Crippen molar-refractivity contribution in [3.8, 4) is 0 Å². The SMILES string of the molecule is Cc1ccc(/C=C/C(=O)c2ccc(Nc3cc(=O)oc4ccccc34)cc2)cc1. The Kier molecular flexibility index (Phi) is 5.08. The quantitative estimate of drug-likeness (QED) is 0.272. The molecule has 0 aliphatic rings.